The number of halogens is 1. The second-order valence-corrected chi connectivity index (χ2v) is 7.56. The standard InChI is InChI=1S/C20H23FN6O3/c21-13-9-14-15(10-16(13)26-4-7-29-8-5-26)24-20(23-14)18-12(19(22)28)11-27(25-18)17-3-1-2-6-30-17/h9-11,17H,1-8H2,(H2,22,28)(H,23,24). The van der Waals surface area contributed by atoms with Crippen molar-refractivity contribution in [3.8, 4) is 11.5 Å². The molecule has 0 spiro atoms. The van der Waals surface area contributed by atoms with Crippen molar-refractivity contribution < 1.29 is 18.7 Å². The molecular formula is C20H23FN6O3. The zero-order valence-corrected chi connectivity index (χ0v) is 16.4. The maximum absolute atomic E-state index is 14.7. The molecule has 1 aromatic carbocycles. The second-order valence-electron chi connectivity index (χ2n) is 7.56. The number of amides is 1. The first-order valence-corrected chi connectivity index (χ1v) is 10.1. The predicted octanol–water partition coefficient (Wildman–Crippen LogP) is 2.20. The Balaban J connectivity index is 1.54. The number of nitrogens with zero attached hydrogens (tertiary/aromatic N) is 4. The van der Waals surface area contributed by atoms with Crippen LogP contribution in [0.1, 0.15) is 35.8 Å². The third kappa shape index (κ3) is 3.41. The molecule has 9 nitrogen and oxygen atoms in total. The Bertz CT molecular complexity index is 1080. The lowest BCUT2D eigenvalue weighted by Crippen LogP contribution is -2.36. The van der Waals surface area contributed by atoms with Gasteiger partial charge < -0.3 is 25.1 Å². The van der Waals surface area contributed by atoms with E-state index in [1.54, 1.807) is 16.9 Å². The van der Waals surface area contributed by atoms with Crippen molar-refractivity contribution in [1.29, 1.82) is 0 Å². The molecule has 2 aliphatic rings. The average molecular weight is 414 g/mol. The molecule has 4 heterocycles. The number of rotatable bonds is 4. The van der Waals surface area contributed by atoms with E-state index in [4.69, 9.17) is 15.2 Å². The van der Waals surface area contributed by atoms with E-state index in [0.29, 0.717) is 61.1 Å². The molecule has 0 radical (unpaired) electrons. The number of ether oxygens (including phenoxy) is 2. The molecule has 1 unspecified atom stereocenters. The predicted molar refractivity (Wildman–Crippen MR) is 108 cm³/mol. The van der Waals surface area contributed by atoms with Crippen LogP contribution < -0.4 is 10.6 Å². The number of morpholine rings is 1. The monoisotopic (exact) mass is 414 g/mol. The van der Waals surface area contributed by atoms with Crippen LogP contribution in [-0.4, -0.2) is 58.6 Å². The van der Waals surface area contributed by atoms with Gasteiger partial charge in [-0.15, -0.1) is 0 Å². The van der Waals surface area contributed by atoms with Gasteiger partial charge in [0.1, 0.15) is 17.7 Å². The van der Waals surface area contributed by atoms with Crippen LogP contribution in [0.5, 0.6) is 0 Å². The normalized spacial score (nSPS) is 20.0. The number of benzene rings is 1. The smallest absolute Gasteiger partial charge is 0.252 e. The molecule has 1 amide bonds. The third-order valence-corrected chi connectivity index (χ3v) is 5.57. The number of primary amides is 1. The topological polar surface area (TPSA) is 111 Å². The highest BCUT2D eigenvalue weighted by Gasteiger charge is 2.24. The summed E-state index contributed by atoms with van der Waals surface area (Å²) < 4.78 is 27.5. The number of carbonyl (C=O) groups excluding carboxylic acids is 1. The van der Waals surface area contributed by atoms with Crippen LogP contribution in [0.2, 0.25) is 0 Å². The van der Waals surface area contributed by atoms with Gasteiger partial charge in [0.2, 0.25) is 0 Å². The van der Waals surface area contributed by atoms with Gasteiger partial charge in [-0.05, 0) is 25.3 Å². The zero-order chi connectivity index (χ0) is 20.7. The Morgan fingerprint density at radius 3 is 2.80 bits per heavy atom. The minimum Gasteiger partial charge on any atom is -0.378 e. The third-order valence-electron chi connectivity index (χ3n) is 5.57. The number of nitrogens with one attached hydrogen (secondary N) is 1. The van der Waals surface area contributed by atoms with Crippen LogP contribution in [0.3, 0.4) is 0 Å². The quantitative estimate of drug-likeness (QED) is 0.677. The highest BCUT2D eigenvalue weighted by atomic mass is 19.1. The minimum atomic E-state index is -0.604. The van der Waals surface area contributed by atoms with E-state index >= 15 is 0 Å². The van der Waals surface area contributed by atoms with Crippen molar-refractivity contribution in [2.45, 2.75) is 25.5 Å². The van der Waals surface area contributed by atoms with Crippen molar-refractivity contribution >= 4 is 22.6 Å². The van der Waals surface area contributed by atoms with Crippen molar-refractivity contribution in [2.24, 2.45) is 5.73 Å². The van der Waals surface area contributed by atoms with Gasteiger partial charge in [0.15, 0.2) is 5.82 Å². The lowest BCUT2D eigenvalue weighted by Gasteiger charge is -2.29. The molecule has 1 atom stereocenters. The summed E-state index contributed by atoms with van der Waals surface area (Å²) in [5.41, 5.74) is 7.78. The summed E-state index contributed by atoms with van der Waals surface area (Å²) in [4.78, 5) is 21.6. The number of fused-ring (bicyclic) bond motifs is 1. The number of hydrogen-bond acceptors (Lipinski definition) is 6. The van der Waals surface area contributed by atoms with Gasteiger partial charge >= 0.3 is 0 Å². The number of H-pyrrole nitrogens is 1. The Morgan fingerprint density at radius 2 is 2.07 bits per heavy atom. The van der Waals surface area contributed by atoms with Gasteiger partial charge in [0, 0.05) is 32.0 Å². The first-order valence-electron chi connectivity index (χ1n) is 10.1. The van der Waals surface area contributed by atoms with E-state index in [2.05, 4.69) is 15.1 Å². The van der Waals surface area contributed by atoms with E-state index in [0.717, 1.165) is 19.3 Å². The first kappa shape index (κ1) is 19.0. The minimum absolute atomic E-state index is 0.236. The number of carbonyl (C=O) groups is 1. The van der Waals surface area contributed by atoms with E-state index in [9.17, 15) is 9.18 Å². The van der Waals surface area contributed by atoms with Gasteiger partial charge in [0.25, 0.3) is 5.91 Å². The first-order chi connectivity index (χ1) is 14.6. The Hall–Kier alpha value is -2.98. The average Bonchev–Trinajstić information content (AvgIpc) is 3.38. The summed E-state index contributed by atoms with van der Waals surface area (Å²) in [6, 6.07) is 3.13. The molecule has 2 aromatic heterocycles. The summed E-state index contributed by atoms with van der Waals surface area (Å²) >= 11 is 0. The summed E-state index contributed by atoms with van der Waals surface area (Å²) in [5, 5.41) is 4.53. The van der Waals surface area contributed by atoms with Crippen molar-refractivity contribution in [3.63, 3.8) is 0 Å². The Kier molecular flexibility index (Phi) is 4.87. The van der Waals surface area contributed by atoms with Crippen molar-refractivity contribution in [3.05, 3.63) is 29.7 Å². The van der Waals surface area contributed by atoms with Crippen LogP contribution in [0.15, 0.2) is 18.3 Å². The Morgan fingerprint density at radius 1 is 1.23 bits per heavy atom. The van der Waals surface area contributed by atoms with Gasteiger partial charge in [-0.3, -0.25) is 4.79 Å². The molecule has 2 fully saturated rings. The highest BCUT2D eigenvalue weighted by molar-refractivity contribution is 5.98. The Labute approximate surface area is 171 Å². The molecule has 0 saturated carbocycles. The lowest BCUT2D eigenvalue weighted by molar-refractivity contribution is -0.0393. The summed E-state index contributed by atoms with van der Waals surface area (Å²) in [6.45, 7) is 3.03. The molecule has 3 aromatic rings. The van der Waals surface area contributed by atoms with Crippen LogP contribution in [0.25, 0.3) is 22.6 Å². The van der Waals surface area contributed by atoms with Crippen molar-refractivity contribution in [2.75, 3.05) is 37.8 Å². The molecule has 158 valence electrons. The molecule has 10 heteroatoms. The summed E-state index contributed by atoms with van der Waals surface area (Å²) in [7, 11) is 0. The van der Waals surface area contributed by atoms with Crippen LogP contribution in [-0.2, 0) is 9.47 Å². The van der Waals surface area contributed by atoms with Gasteiger partial charge in [-0.1, -0.05) is 0 Å². The summed E-state index contributed by atoms with van der Waals surface area (Å²) in [6.07, 6.45) is 4.21. The maximum atomic E-state index is 14.7. The molecular weight excluding hydrogens is 391 g/mol. The number of hydrogen-bond donors (Lipinski definition) is 2. The van der Waals surface area contributed by atoms with Gasteiger partial charge in [-0.2, -0.15) is 5.10 Å². The molecule has 30 heavy (non-hydrogen) atoms. The molecule has 0 bridgehead atoms. The zero-order valence-electron chi connectivity index (χ0n) is 16.4. The fraction of sp³-hybridized carbons (Fsp3) is 0.450. The number of nitrogens with two attached hydrogens (primary N) is 1. The molecule has 5 rings (SSSR count). The fourth-order valence-electron chi connectivity index (χ4n) is 4.01. The van der Waals surface area contributed by atoms with E-state index in [1.165, 1.54) is 6.07 Å². The van der Waals surface area contributed by atoms with E-state index in [1.807, 2.05) is 4.90 Å². The fourth-order valence-corrected chi connectivity index (χ4v) is 4.01. The number of anilines is 1. The molecule has 3 N–H and O–H groups in total. The highest BCUT2D eigenvalue weighted by Crippen LogP contribution is 2.30. The van der Waals surface area contributed by atoms with E-state index in [-0.39, 0.29) is 17.6 Å². The SMILES string of the molecule is NC(=O)c1cn(C2CCCCO2)nc1-c1nc2cc(F)c(N3CCOCC3)cc2[nH]1. The van der Waals surface area contributed by atoms with Crippen molar-refractivity contribution in [1.82, 2.24) is 19.7 Å². The number of imidazole rings is 1. The second kappa shape index (κ2) is 7.69. The largest absolute Gasteiger partial charge is 0.378 e. The summed E-state index contributed by atoms with van der Waals surface area (Å²) in [5.74, 6) is -0.585. The van der Waals surface area contributed by atoms with E-state index < -0.39 is 5.91 Å². The number of aromatic nitrogens is 4. The maximum Gasteiger partial charge on any atom is 0.252 e. The van der Waals surface area contributed by atoms with Gasteiger partial charge in [0.05, 0.1) is 35.5 Å². The van der Waals surface area contributed by atoms with Crippen LogP contribution in [0.4, 0.5) is 10.1 Å². The van der Waals surface area contributed by atoms with Crippen LogP contribution in [0, 0.1) is 5.82 Å². The van der Waals surface area contributed by atoms with Gasteiger partial charge in [-0.25, -0.2) is 14.1 Å². The lowest BCUT2D eigenvalue weighted by atomic mass is 10.2. The number of aromatic amines is 1. The molecule has 0 aliphatic carbocycles. The molecule has 2 aliphatic heterocycles. The molecule has 2 saturated heterocycles. The van der Waals surface area contributed by atoms with Crippen LogP contribution >= 0.6 is 0 Å².